The molecule has 1 aromatic heterocycles. The lowest BCUT2D eigenvalue weighted by Crippen LogP contribution is -2.35. The van der Waals surface area contributed by atoms with Gasteiger partial charge in [-0.15, -0.1) is 0 Å². The van der Waals surface area contributed by atoms with Gasteiger partial charge in [0.15, 0.2) is 5.76 Å². The molecule has 0 aliphatic heterocycles. The number of rotatable bonds is 6. The molecule has 6 nitrogen and oxygen atoms in total. The highest BCUT2D eigenvalue weighted by Crippen LogP contribution is 2.21. The van der Waals surface area contributed by atoms with Crippen LogP contribution in [0.25, 0.3) is 11.0 Å². The van der Waals surface area contributed by atoms with Crippen molar-refractivity contribution < 1.29 is 18.7 Å². The van der Waals surface area contributed by atoms with Crippen LogP contribution in [0, 0.1) is 0 Å². The monoisotopic (exact) mass is 278 g/mol. The van der Waals surface area contributed by atoms with E-state index >= 15 is 0 Å². The van der Waals surface area contributed by atoms with Gasteiger partial charge in [0.1, 0.15) is 5.58 Å². The summed E-state index contributed by atoms with van der Waals surface area (Å²) in [5, 5.41) is 3.54. The number of nitrogen functional groups attached to an aromatic ring is 1. The van der Waals surface area contributed by atoms with Crippen LogP contribution in [0.1, 0.15) is 10.6 Å². The van der Waals surface area contributed by atoms with Crippen LogP contribution in [0.4, 0.5) is 5.69 Å². The number of furan rings is 1. The first-order valence-electron chi connectivity index (χ1n) is 6.23. The van der Waals surface area contributed by atoms with Crippen LogP contribution in [-0.2, 0) is 9.47 Å². The van der Waals surface area contributed by atoms with Gasteiger partial charge in [0, 0.05) is 31.8 Å². The molecule has 0 saturated carbocycles. The first-order valence-corrected chi connectivity index (χ1v) is 6.23. The molecular formula is C14H18N2O4. The van der Waals surface area contributed by atoms with E-state index in [0.29, 0.717) is 24.4 Å². The maximum atomic E-state index is 12.0. The van der Waals surface area contributed by atoms with E-state index in [9.17, 15) is 4.79 Å². The maximum absolute atomic E-state index is 12.0. The Hall–Kier alpha value is -2.05. The summed E-state index contributed by atoms with van der Waals surface area (Å²) in [5.74, 6) is -0.0456. The first kappa shape index (κ1) is 14.4. The highest BCUT2D eigenvalue weighted by molar-refractivity contribution is 5.96. The number of carbonyl (C=O) groups is 1. The van der Waals surface area contributed by atoms with E-state index in [1.165, 1.54) is 0 Å². The zero-order valence-electron chi connectivity index (χ0n) is 11.5. The van der Waals surface area contributed by atoms with Crippen LogP contribution < -0.4 is 11.1 Å². The van der Waals surface area contributed by atoms with E-state index in [4.69, 9.17) is 19.6 Å². The summed E-state index contributed by atoms with van der Waals surface area (Å²) < 4.78 is 15.6. The van der Waals surface area contributed by atoms with E-state index in [0.717, 1.165) is 5.39 Å². The molecule has 1 heterocycles. The van der Waals surface area contributed by atoms with Gasteiger partial charge in [-0.3, -0.25) is 4.79 Å². The predicted molar refractivity (Wildman–Crippen MR) is 75.6 cm³/mol. The van der Waals surface area contributed by atoms with Gasteiger partial charge in [0.25, 0.3) is 5.91 Å². The number of benzene rings is 1. The molecular weight excluding hydrogens is 260 g/mol. The third kappa shape index (κ3) is 3.28. The first-order chi connectivity index (χ1) is 9.63. The minimum Gasteiger partial charge on any atom is -0.451 e. The van der Waals surface area contributed by atoms with Crippen LogP contribution in [0.3, 0.4) is 0 Å². The Kier molecular flexibility index (Phi) is 4.60. The van der Waals surface area contributed by atoms with Gasteiger partial charge in [0.05, 0.1) is 12.7 Å². The molecule has 2 rings (SSSR count). The fourth-order valence-electron chi connectivity index (χ4n) is 1.86. The van der Waals surface area contributed by atoms with Crippen molar-refractivity contribution in [2.75, 3.05) is 33.1 Å². The summed E-state index contributed by atoms with van der Waals surface area (Å²) in [7, 11) is 3.15. The lowest BCUT2D eigenvalue weighted by Gasteiger charge is -2.14. The van der Waals surface area contributed by atoms with E-state index < -0.39 is 0 Å². The molecule has 1 unspecified atom stereocenters. The third-order valence-electron chi connectivity index (χ3n) is 2.94. The molecule has 2 aromatic rings. The van der Waals surface area contributed by atoms with E-state index in [2.05, 4.69) is 5.32 Å². The van der Waals surface area contributed by atoms with Gasteiger partial charge < -0.3 is 24.9 Å². The Morgan fingerprint density at radius 3 is 2.90 bits per heavy atom. The molecule has 0 aliphatic carbocycles. The second-order valence-electron chi connectivity index (χ2n) is 4.43. The van der Waals surface area contributed by atoms with Crippen molar-refractivity contribution in [1.29, 1.82) is 0 Å². The molecule has 0 spiro atoms. The molecule has 0 aliphatic rings. The number of hydrogen-bond acceptors (Lipinski definition) is 5. The van der Waals surface area contributed by atoms with Gasteiger partial charge >= 0.3 is 0 Å². The molecule has 6 heteroatoms. The van der Waals surface area contributed by atoms with Gasteiger partial charge in [-0.2, -0.15) is 0 Å². The zero-order valence-corrected chi connectivity index (χ0v) is 11.5. The summed E-state index contributed by atoms with van der Waals surface area (Å²) in [4.78, 5) is 12.0. The van der Waals surface area contributed by atoms with Crippen molar-refractivity contribution in [3.05, 3.63) is 30.0 Å². The van der Waals surface area contributed by atoms with Crippen molar-refractivity contribution >= 4 is 22.6 Å². The second kappa shape index (κ2) is 6.40. The van der Waals surface area contributed by atoms with Crippen molar-refractivity contribution in [1.82, 2.24) is 5.32 Å². The van der Waals surface area contributed by atoms with E-state index in [1.807, 2.05) is 0 Å². The quantitative estimate of drug-likeness (QED) is 0.780. The van der Waals surface area contributed by atoms with Gasteiger partial charge in [-0.05, 0) is 24.3 Å². The average Bonchev–Trinajstić information content (AvgIpc) is 2.86. The van der Waals surface area contributed by atoms with Crippen molar-refractivity contribution in [2.24, 2.45) is 0 Å². The third-order valence-corrected chi connectivity index (χ3v) is 2.94. The molecule has 108 valence electrons. The Labute approximate surface area is 116 Å². The number of nitrogens with one attached hydrogen (secondary N) is 1. The number of methoxy groups -OCH3 is 2. The Morgan fingerprint density at radius 1 is 1.40 bits per heavy atom. The molecule has 1 aromatic carbocycles. The summed E-state index contributed by atoms with van der Waals surface area (Å²) >= 11 is 0. The largest absolute Gasteiger partial charge is 0.451 e. The number of hydrogen-bond donors (Lipinski definition) is 2. The summed E-state index contributed by atoms with van der Waals surface area (Å²) in [6.07, 6.45) is -0.191. The molecule has 3 N–H and O–H groups in total. The smallest absolute Gasteiger partial charge is 0.287 e. The van der Waals surface area contributed by atoms with Gasteiger partial charge in [-0.25, -0.2) is 0 Å². The van der Waals surface area contributed by atoms with E-state index in [1.54, 1.807) is 38.5 Å². The Morgan fingerprint density at radius 2 is 2.20 bits per heavy atom. The Balaban J connectivity index is 2.03. The normalized spacial score (nSPS) is 12.5. The van der Waals surface area contributed by atoms with Gasteiger partial charge in [0.2, 0.25) is 0 Å². The number of carbonyl (C=O) groups excluding carboxylic acids is 1. The molecule has 0 bridgehead atoms. The molecule has 0 radical (unpaired) electrons. The second-order valence-corrected chi connectivity index (χ2v) is 4.43. The summed E-state index contributed by atoms with van der Waals surface area (Å²) in [6, 6.07) is 6.90. The van der Waals surface area contributed by atoms with Crippen LogP contribution in [-0.4, -0.2) is 39.4 Å². The summed E-state index contributed by atoms with van der Waals surface area (Å²) in [6.45, 7) is 0.760. The number of anilines is 1. The zero-order chi connectivity index (χ0) is 14.5. The Bertz CT molecular complexity index is 594. The maximum Gasteiger partial charge on any atom is 0.287 e. The number of ether oxygens (including phenoxy) is 2. The fraction of sp³-hybridized carbons (Fsp3) is 0.357. The molecule has 0 saturated heterocycles. The predicted octanol–water partition coefficient (Wildman–Crippen LogP) is 1.41. The van der Waals surface area contributed by atoms with Crippen LogP contribution in [0.2, 0.25) is 0 Å². The average molecular weight is 278 g/mol. The fourth-order valence-corrected chi connectivity index (χ4v) is 1.86. The molecule has 0 fully saturated rings. The van der Waals surface area contributed by atoms with Crippen LogP contribution in [0.15, 0.2) is 28.7 Å². The molecule has 1 atom stereocenters. The lowest BCUT2D eigenvalue weighted by molar-refractivity contribution is 0.0283. The number of fused-ring (bicyclic) bond motifs is 1. The molecule has 20 heavy (non-hydrogen) atoms. The van der Waals surface area contributed by atoms with Gasteiger partial charge in [-0.1, -0.05) is 0 Å². The lowest BCUT2D eigenvalue weighted by atomic mass is 10.2. The van der Waals surface area contributed by atoms with Crippen molar-refractivity contribution in [3.8, 4) is 0 Å². The standard InChI is InChI=1S/C14H18N2O4/c1-18-8-11(19-2)7-16-14(17)13-6-9-5-10(15)3-4-12(9)20-13/h3-6,11H,7-8,15H2,1-2H3,(H,16,17). The summed E-state index contributed by atoms with van der Waals surface area (Å²) in [5.41, 5.74) is 6.94. The molecule has 1 amide bonds. The number of amides is 1. The number of nitrogens with two attached hydrogens (primary N) is 1. The highest BCUT2D eigenvalue weighted by atomic mass is 16.5. The van der Waals surface area contributed by atoms with E-state index in [-0.39, 0.29) is 17.8 Å². The van der Waals surface area contributed by atoms with Crippen LogP contribution >= 0.6 is 0 Å². The SMILES string of the molecule is COCC(CNC(=O)c1cc2cc(N)ccc2o1)OC. The topological polar surface area (TPSA) is 86.7 Å². The highest BCUT2D eigenvalue weighted by Gasteiger charge is 2.14. The van der Waals surface area contributed by atoms with Crippen molar-refractivity contribution in [2.45, 2.75) is 6.10 Å². The van der Waals surface area contributed by atoms with Crippen molar-refractivity contribution in [3.63, 3.8) is 0 Å². The van der Waals surface area contributed by atoms with Crippen LogP contribution in [0.5, 0.6) is 0 Å². The minimum atomic E-state index is -0.294. The minimum absolute atomic E-state index is 0.191.